The number of anilines is 1. The summed E-state index contributed by atoms with van der Waals surface area (Å²) in [7, 11) is 0. The fourth-order valence-corrected chi connectivity index (χ4v) is 3.40. The highest BCUT2D eigenvalue weighted by Gasteiger charge is 2.26. The number of hydrogen-bond acceptors (Lipinski definition) is 5. The SMILES string of the molecule is Cc1nnc2ccc(N3CCSC(C)C3C)nn12. The lowest BCUT2D eigenvalue weighted by Gasteiger charge is -2.38. The highest BCUT2D eigenvalue weighted by atomic mass is 32.2. The lowest BCUT2D eigenvalue weighted by molar-refractivity contribution is 0.613. The fraction of sp³-hybridized carbons (Fsp3) is 0.583. The van der Waals surface area contributed by atoms with E-state index in [2.05, 4.69) is 34.0 Å². The Labute approximate surface area is 111 Å². The molecular formula is C12H17N5S. The minimum Gasteiger partial charge on any atom is -0.351 e. The van der Waals surface area contributed by atoms with E-state index in [1.807, 2.05) is 35.3 Å². The second-order valence-corrected chi connectivity index (χ2v) is 6.20. The number of aryl methyl sites for hydroxylation is 1. The van der Waals surface area contributed by atoms with Gasteiger partial charge in [-0.25, -0.2) is 0 Å². The fourth-order valence-electron chi connectivity index (χ4n) is 2.30. The van der Waals surface area contributed by atoms with E-state index in [1.54, 1.807) is 0 Å². The standard InChI is InChI=1S/C12H17N5S/c1-8-9(2)18-7-6-16(8)12-5-4-11-14-13-10(3)17(11)15-12/h4-5,8-9H,6-7H2,1-3H3. The van der Waals surface area contributed by atoms with Crippen molar-refractivity contribution in [3.8, 4) is 0 Å². The first-order chi connectivity index (χ1) is 8.66. The zero-order valence-electron chi connectivity index (χ0n) is 10.9. The van der Waals surface area contributed by atoms with Crippen molar-refractivity contribution in [3.05, 3.63) is 18.0 Å². The zero-order valence-corrected chi connectivity index (χ0v) is 11.7. The van der Waals surface area contributed by atoms with Crippen LogP contribution in [0.1, 0.15) is 19.7 Å². The minimum absolute atomic E-state index is 0.505. The van der Waals surface area contributed by atoms with Crippen molar-refractivity contribution in [2.45, 2.75) is 32.1 Å². The predicted octanol–water partition coefficient (Wildman–Crippen LogP) is 1.76. The predicted molar refractivity (Wildman–Crippen MR) is 74.2 cm³/mol. The lowest BCUT2D eigenvalue weighted by Crippen LogP contribution is -2.45. The van der Waals surface area contributed by atoms with Crippen LogP contribution in [-0.2, 0) is 0 Å². The monoisotopic (exact) mass is 263 g/mol. The summed E-state index contributed by atoms with van der Waals surface area (Å²) in [6, 6.07) is 4.54. The van der Waals surface area contributed by atoms with Gasteiger partial charge in [0.2, 0.25) is 0 Å². The van der Waals surface area contributed by atoms with Crippen LogP contribution >= 0.6 is 11.8 Å². The van der Waals surface area contributed by atoms with Crippen molar-refractivity contribution in [2.24, 2.45) is 0 Å². The molecule has 0 radical (unpaired) electrons. The first-order valence-corrected chi connectivity index (χ1v) is 7.29. The van der Waals surface area contributed by atoms with Crippen LogP contribution in [0.3, 0.4) is 0 Å². The molecule has 2 atom stereocenters. The van der Waals surface area contributed by atoms with Crippen molar-refractivity contribution in [3.63, 3.8) is 0 Å². The van der Waals surface area contributed by atoms with Crippen LogP contribution in [0.2, 0.25) is 0 Å². The second-order valence-electron chi connectivity index (χ2n) is 4.72. The van der Waals surface area contributed by atoms with Crippen LogP contribution in [-0.4, -0.2) is 43.4 Å². The Bertz CT molecular complexity index is 567. The van der Waals surface area contributed by atoms with Crippen LogP contribution in [0.25, 0.3) is 5.65 Å². The van der Waals surface area contributed by atoms with Crippen molar-refractivity contribution < 1.29 is 0 Å². The highest BCUT2D eigenvalue weighted by Crippen LogP contribution is 2.27. The summed E-state index contributed by atoms with van der Waals surface area (Å²) in [5.74, 6) is 3.01. The molecular weight excluding hydrogens is 246 g/mol. The normalized spacial score (nSPS) is 24.7. The van der Waals surface area contributed by atoms with Gasteiger partial charge >= 0.3 is 0 Å². The highest BCUT2D eigenvalue weighted by molar-refractivity contribution is 8.00. The number of hydrogen-bond donors (Lipinski definition) is 0. The molecule has 0 spiro atoms. The number of rotatable bonds is 1. The summed E-state index contributed by atoms with van der Waals surface area (Å²) < 4.78 is 1.81. The Balaban J connectivity index is 2.00. The molecule has 0 aromatic carbocycles. The van der Waals surface area contributed by atoms with Gasteiger partial charge in [0.25, 0.3) is 0 Å². The molecule has 18 heavy (non-hydrogen) atoms. The molecule has 5 nitrogen and oxygen atoms in total. The van der Waals surface area contributed by atoms with E-state index >= 15 is 0 Å². The van der Waals surface area contributed by atoms with E-state index in [9.17, 15) is 0 Å². The van der Waals surface area contributed by atoms with Gasteiger partial charge in [0.05, 0.1) is 0 Å². The summed E-state index contributed by atoms with van der Waals surface area (Å²) in [5, 5.41) is 13.4. The number of nitrogens with zero attached hydrogens (tertiary/aromatic N) is 5. The third kappa shape index (κ3) is 1.84. The van der Waals surface area contributed by atoms with Crippen molar-refractivity contribution in [1.29, 1.82) is 0 Å². The van der Waals surface area contributed by atoms with Crippen LogP contribution in [0, 0.1) is 6.92 Å². The zero-order chi connectivity index (χ0) is 12.7. The Hall–Kier alpha value is -1.30. The van der Waals surface area contributed by atoms with Crippen LogP contribution in [0.15, 0.2) is 12.1 Å². The quantitative estimate of drug-likeness (QED) is 0.784. The van der Waals surface area contributed by atoms with Gasteiger partial charge < -0.3 is 4.90 Å². The lowest BCUT2D eigenvalue weighted by atomic mass is 10.2. The molecule has 0 aliphatic carbocycles. The minimum atomic E-state index is 0.505. The molecule has 0 bridgehead atoms. The first kappa shape index (κ1) is 11.8. The molecule has 1 saturated heterocycles. The van der Waals surface area contributed by atoms with Crippen LogP contribution < -0.4 is 4.90 Å². The summed E-state index contributed by atoms with van der Waals surface area (Å²) in [5.41, 5.74) is 0.809. The number of fused-ring (bicyclic) bond motifs is 1. The number of thioether (sulfide) groups is 1. The first-order valence-electron chi connectivity index (χ1n) is 6.24. The van der Waals surface area contributed by atoms with E-state index in [4.69, 9.17) is 0 Å². The van der Waals surface area contributed by atoms with E-state index in [1.165, 1.54) is 0 Å². The molecule has 6 heteroatoms. The molecule has 0 saturated carbocycles. The molecule has 1 aliphatic heterocycles. The molecule has 3 heterocycles. The largest absolute Gasteiger partial charge is 0.351 e. The van der Waals surface area contributed by atoms with Gasteiger partial charge in [-0.05, 0) is 26.0 Å². The Morgan fingerprint density at radius 2 is 2.11 bits per heavy atom. The summed E-state index contributed by atoms with van der Waals surface area (Å²) in [4.78, 5) is 2.38. The van der Waals surface area contributed by atoms with Gasteiger partial charge in [0, 0.05) is 23.6 Å². The molecule has 96 valence electrons. The van der Waals surface area contributed by atoms with E-state index in [0.29, 0.717) is 11.3 Å². The Morgan fingerprint density at radius 3 is 2.94 bits per heavy atom. The molecule has 0 N–H and O–H groups in total. The second kappa shape index (κ2) is 4.42. The molecule has 2 unspecified atom stereocenters. The van der Waals surface area contributed by atoms with Crippen molar-refractivity contribution in [2.75, 3.05) is 17.2 Å². The van der Waals surface area contributed by atoms with E-state index in [0.717, 1.165) is 29.6 Å². The third-order valence-corrected chi connectivity index (χ3v) is 4.92. The maximum atomic E-state index is 4.65. The Kier molecular flexibility index (Phi) is 2.89. The molecule has 2 aromatic rings. The average molecular weight is 263 g/mol. The van der Waals surface area contributed by atoms with Gasteiger partial charge in [-0.1, -0.05) is 6.92 Å². The molecule has 0 amide bonds. The molecule has 2 aromatic heterocycles. The maximum Gasteiger partial charge on any atom is 0.178 e. The van der Waals surface area contributed by atoms with E-state index < -0.39 is 0 Å². The van der Waals surface area contributed by atoms with E-state index in [-0.39, 0.29) is 0 Å². The molecule has 1 fully saturated rings. The van der Waals surface area contributed by atoms with Crippen LogP contribution in [0.4, 0.5) is 5.82 Å². The van der Waals surface area contributed by atoms with Gasteiger partial charge in [-0.3, -0.25) is 0 Å². The van der Waals surface area contributed by atoms with Crippen molar-refractivity contribution >= 4 is 23.2 Å². The summed E-state index contributed by atoms with van der Waals surface area (Å²) in [6.45, 7) is 7.52. The maximum absolute atomic E-state index is 4.65. The summed E-state index contributed by atoms with van der Waals surface area (Å²) >= 11 is 2.03. The Morgan fingerprint density at radius 1 is 1.28 bits per heavy atom. The van der Waals surface area contributed by atoms with Crippen LogP contribution in [0.5, 0.6) is 0 Å². The smallest absolute Gasteiger partial charge is 0.178 e. The molecule has 3 rings (SSSR count). The van der Waals surface area contributed by atoms with Gasteiger partial charge in [-0.15, -0.1) is 15.3 Å². The third-order valence-electron chi connectivity index (χ3n) is 3.58. The molecule has 1 aliphatic rings. The number of aromatic nitrogens is 4. The van der Waals surface area contributed by atoms with Crippen molar-refractivity contribution in [1.82, 2.24) is 19.8 Å². The van der Waals surface area contributed by atoms with Gasteiger partial charge in [0.1, 0.15) is 5.82 Å². The van der Waals surface area contributed by atoms with Gasteiger partial charge in [-0.2, -0.15) is 16.3 Å². The summed E-state index contributed by atoms with van der Waals surface area (Å²) in [6.07, 6.45) is 0. The topological polar surface area (TPSA) is 46.3 Å². The van der Waals surface area contributed by atoms with Gasteiger partial charge in [0.15, 0.2) is 11.5 Å². The average Bonchev–Trinajstić information content (AvgIpc) is 2.74.